The lowest BCUT2D eigenvalue weighted by molar-refractivity contribution is 0.167. The Morgan fingerprint density at radius 3 is 2.57 bits per heavy atom. The second-order valence-electron chi connectivity index (χ2n) is 7.84. The quantitative estimate of drug-likeness (QED) is 0.863. The van der Waals surface area contributed by atoms with Crippen molar-refractivity contribution in [3.8, 4) is 0 Å². The van der Waals surface area contributed by atoms with E-state index < -0.39 is 0 Å². The molecular formula is C19H28N2. The standard InChI is InChI=1S/C19H28N2/c1-19(13-20-17-8-9-17,16-5-3-2-4-6-16)14-21-12-15-7-10-18(21)11-15/h2-6,15,17-18,20H,7-14H2,1H3. The molecule has 1 N–H and O–H groups in total. The molecule has 3 unspecified atom stereocenters. The second kappa shape index (κ2) is 5.40. The number of rotatable bonds is 6. The number of hydrogen-bond acceptors (Lipinski definition) is 2. The van der Waals surface area contributed by atoms with Gasteiger partial charge in [-0.25, -0.2) is 0 Å². The van der Waals surface area contributed by atoms with Crippen molar-refractivity contribution in [3.63, 3.8) is 0 Å². The average Bonchev–Trinajstić information content (AvgIpc) is 3.13. The van der Waals surface area contributed by atoms with Gasteiger partial charge in [0.1, 0.15) is 0 Å². The van der Waals surface area contributed by atoms with Crippen molar-refractivity contribution in [2.45, 2.75) is 56.5 Å². The Bertz CT molecular complexity index is 482. The minimum atomic E-state index is 0.244. The van der Waals surface area contributed by atoms with Crippen LogP contribution in [0.15, 0.2) is 30.3 Å². The van der Waals surface area contributed by atoms with Crippen molar-refractivity contribution in [2.24, 2.45) is 5.92 Å². The first-order chi connectivity index (χ1) is 10.2. The summed E-state index contributed by atoms with van der Waals surface area (Å²) < 4.78 is 0. The van der Waals surface area contributed by atoms with E-state index in [4.69, 9.17) is 0 Å². The third kappa shape index (κ3) is 2.89. The Kier molecular flexibility index (Phi) is 3.55. The predicted molar refractivity (Wildman–Crippen MR) is 87.5 cm³/mol. The summed E-state index contributed by atoms with van der Waals surface area (Å²) in [7, 11) is 0. The molecule has 1 aromatic rings. The van der Waals surface area contributed by atoms with Crippen molar-refractivity contribution in [3.05, 3.63) is 35.9 Å². The number of benzene rings is 1. The van der Waals surface area contributed by atoms with Gasteiger partial charge in [0.25, 0.3) is 0 Å². The molecule has 2 saturated carbocycles. The molecular weight excluding hydrogens is 256 g/mol. The summed E-state index contributed by atoms with van der Waals surface area (Å²) in [5, 5.41) is 3.79. The van der Waals surface area contributed by atoms with Crippen LogP contribution in [-0.2, 0) is 5.41 Å². The molecule has 2 aliphatic carbocycles. The largest absolute Gasteiger partial charge is 0.313 e. The zero-order chi connectivity index (χ0) is 14.3. The smallest absolute Gasteiger partial charge is 0.0177 e. The van der Waals surface area contributed by atoms with Crippen LogP contribution in [0.25, 0.3) is 0 Å². The van der Waals surface area contributed by atoms with Crippen molar-refractivity contribution < 1.29 is 0 Å². The SMILES string of the molecule is CC(CNC1CC1)(CN1CC2CCC1C2)c1ccccc1. The fourth-order valence-corrected chi connectivity index (χ4v) is 4.42. The fourth-order valence-electron chi connectivity index (χ4n) is 4.42. The van der Waals surface area contributed by atoms with Gasteiger partial charge in [0.2, 0.25) is 0 Å². The molecule has 1 aromatic carbocycles. The van der Waals surface area contributed by atoms with Crippen LogP contribution in [0.5, 0.6) is 0 Å². The minimum Gasteiger partial charge on any atom is -0.313 e. The maximum atomic E-state index is 3.79. The first-order valence-electron chi connectivity index (χ1n) is 8.76. The van der Waals surface area contributed by atoms with Crippen LogP contribution in [0.3, 0.4) is 0 Å². The molecule has 1 aliphatic heterocycles. The number of hydrogen-bond donors (Lipinski definition) is 1. The van der Waals surface area contributed by atoms with Gasteiger partial charge in [0.15, 0.2) is 0 Å². The van der Waals surface area contributed by atoms with Crippen LogP contribution in [0.2, 0.25) is 0 Å². The van der Waals surface area contributed by atoms with E-state index in [1.165, 1.54) is 50.8 Å². The second-order valence-corrected chi connectivity index (χ2v) is 7.84. The number of likely N-dealkylation sites (tertiary alicyclic amines) is 1. The molecule has 0 amide bonds. The van der Waals surface area contributed by atoms with Gasteiger partial charge in [0, 0.05) is 37.1 Å². The predicted octanol–water partition coefficient (Wildman–Crippen LogP) is 3.18. The molecule has 114 valence electrons. The molecule has 2 heteroatoms. The molecule has 3 atom stereocenters. The lowest BCUT2D eigenvalue weighted by Gasteiger charge is -2.38. The maximum absolute atomic E-state index is 3.79. The van der Waals surface area contributed by atoms with Crippen LogP contribution >= 0.6 is 0 Å². The topological polar surface area (TPSA) is 15.3 Å². The van der Waals surface area contributed by atoms with Gasteiger partial charge in [-0.3, -0.25) is 4.90 Å². The highest BCUT2D eigenvalue weighted by Crippen LogP contribution is 2.39. The van der Waals surface area contributed by atoms with E-state index in [0.717, 1.165) is 24.5 Å². The Morgan fingerprint density at radius 2 is 1.95 bits per heavy atom. The van der Waals surface area contributed by atoms with Gasteiger partial charge < -0.3 is 5.32 Å². The van der Waals surface area contributed by atoms with Gasteiger partial charge >= 0.3 is 0 Å². The third-order valence-electron chi connectivity index (χ3n) is 5.90. The molecule has 0 spiro atoms. The zero-order valence-electron chi connectivity index (χ0n) is 13.2. The monoisotopic (exact) mass is 284 g/mol. The molecule has 21 heavy (non-hydrogen) atoms. The summed E-state index contributed by atoms with van der Waals surface area (Å²) in [4.78, 5) is 2.79. The summed E-state index contributed by atoms with van der Waals surface area (Å²) in [6.45, 7) is 6.15. The summed E-state index contributed by atoms with van der Waals surface area (Å²) >= 11 is 0. The summed E-state index contributed by atoms with van der Waals surface area (Å²) in [6.07, 6.45) is 7.12. The van der Waals surface area contributed by atoms with E-state index in [0.29, 0.717) is 0 Å². The van der Waals surface area contributed by atoms with E-state index in [1.807, 2.05) is 0 Å². The first kappa shape index (κ1) is 13.8. The molecule has 3 fully saturated rings. The Hall–Kier alpha value is -0.860. The van der Waals surface area contributed by atoms with Crippen molar-refractivity contribution in [1.82, 2.24) is 10.2 Å². The molecule has 0 radical (unpaired) electrons. The zero-order valence-corrected chi connectivity index (χ0v) is 13.2. The van der Waals surface area contributed by atoms with E-state index in [9.17, 15) is 0 Å². The van der Waals surface area contributed by atoms with Gasteiger partial charge in [-0.05, 0) is 43.6 Å². The fraction of sp³-hybridized carbons (Fsp3) is 0.684. The number of nitrogens with zero attached hydrogens (tertiary/aromatic N) is 1. The molecule has 1 saturated heterocycles. The van der Waals surface area contributed by atoms with Crippen LogP contribution in [0.4, 0.5) is 0 Å². The van der Waals surface area contributed by atoms with Crippen LogP contribution in [-0.4, -0.2) is 36.6 Å². The third-order valence-corrected chi connectivity index (χ3v) is 5.90. The van der Waals surface area contributed by atoms with E-state index in [1.54, 1.807) is 0 Å². The lowest BCUT2D eigenvalue weighted by atomic mass is 9.81. The van der Waals surface area contributed by atoms with Crippen molar-refractivity contribution in [2.75, 3.05) is 19.6 Å². The van der Waals surface area contributed by atoms with E-state index in [2.05, 4.69) is 47.5 Å². The van der Waals surface area contributed by atoms with E-state index in [-0.39, 0.29) is 5.41 Å². The number of piperidine rings is 1. The highest BCUT2D eigenvalue weighted by Gasteiger charge is 2.41. The average molecular weight is 284 g/mol. The molecule has 2 bridgehead atoms. The minimum absolute atomic E-state index is 0.244. The molecule has 1 heterocycles. The molecule has 4 rings (SSSR count). The number of nitrogens with one attached hydrogen (secondary N) is 1. The van der Waals surface area contributed by atoms with Crippen LogP contribution < -0.4 is 5.32 Å². The Labute approximate surface area is 128 Å². The van der Waals surface area contributed by atoms with Crippen LogP contribution in [0, 0.1) is 5.92 Å². The Morgan fingerprint density at radius 1 is 1.14 bits per heavy atom. The highest BCUT2D eigenvalue weighted by atomic mass is 15.2. The molecule has 3 aliphatic rings. The summed E-state index contributed by atoms with van der Waals surface area (Å²) in [5.74, 6) is 0.992. The van der Waals surface area contributed by atoms with Gasteiger partial charge in [0.05, 0.1) is 0 Å². The molecule has 0 aromatic heterocycles. The Balaban J connectivity index is 1.51. The van der Waals surface area contributed by atoms with Gasteiger partial charge in [-0.2, -0.15) is 0 Å². The first-order valence-corrected chi connectivity index (χ1v) is 8.76. The lowest BCUT2D eigenvalue weighted by Crippen LogP contribution is -2.48. The van der Waals surface area contributed by atoms with Gasteiger partial charge in [-0.1, -0.05) is 37.3 Å². The van der Waals surface area contributed by atoms with Crippen molar-refractivity contribution >= 4 is 0 Å². The van der Waals surface area contributed by atoms with Crippen molar-refractivity contribution in [1.29, 1.82) is 0 Å². The number of fused-ring (bicyclic) bond motifs is 2. The highest BCUT2D eigenvalue weighted by molar-refractivity contribution is 5.26. The summed E-state index contributed by atoms with van der Waals surface area (Å²) in [6, 6.07) is 12.8. The molecule has 2 nitrogen and oxygen atoms in total. The normalized spacial score (nSPS) is 31.5. The van der Waals surface area contributed by atoms with Crippen LogP contribution in [0.1, 0.15) is 44.6 Å². The van der Waals surface area contributed by atoms with Gasteiger partial charge in [-0.15, -0.1) is 0 Å². The van der Waals surface area contributed by atoms with E-state index >= 15 is 0 Å². The summed E-state index contributed by atoms with van der Waals surface area (Å²) in [5.41, 5.74) is 1.75. The maximum Gasteiger partial charge on any atom is 0.0177 e.